The van der Waals surface area contributed by atoms with E-state index in [4.69, 9.17) is 9.84 Å². The fourth-order valence-corrected chi connectivity index (χ4v) is 3.38. The molecule has 0 unspecified atom stereocenters. The number of allylic oxidation sites excluding steroid dienone is 3. The summed E-state index contributed by atoms with van der Waals surface area (Å²) in [6.45, 7) is -0.658. The van der Waals surface area contributed by atoms with Gasteiger partial charge in [-0.3, -0.25) is 4.79 Å². The van der Waals surface area contributed by atoms with Crippen LogP contribution in [0.3, 0.4) is 0 Å². The number of hydrogen-bond donors (Lipinski definition) is 1. The Kier molecular flexibility index (Phi) is 8.49. The Morgan fingerprint density at radius 3 is 2.74 bits per heavy atom. The minimum atomic E-state index is -2.99. The molecule has 1 aliphatic carbocycles. The monoisotopic (exact) mass is 378 g/mol. The van der Waals surface area contributed by atoms with Crippen molar-refractivity contribution in [2.24, 2.45) is 11.8 Å². The Morgan fingerprint density at radius 2 is 2.00 bits per heavy atom. The minimum absolute atomic E-state index is 0.163. The van der Waals surface area contributed by atoms with Crippen LogP contribution in [0.15, 0.2) is 54.6 Å². The Bertz CT molecular complexity index is 626. The molecule has 2 rings (SSSR count). The number of carboxylic acid groups (broad SMARTS) is 1. The summed E-state index contributed by atoms with van der Waals surface area (Å²) in [4.78, 5) is 10.5. The molecule has 0 spiro atoms. The van der Waals surface area contributed by atoms with Crippen LogP contribution in [0.25, 0.3) is 0 Å². The normalized spacial score (nSPS) is 20.5. The van der Waals surface area contributed by atoms with Crippen LogP contribution in [0, 0.1) is 11.8 Å². The Morgan fingerprint density at radius 1 is 1.22 bits per heavy atom. The van der Waals surface area contributed by atoms with Crippen molar-refractivity contribution in [2.75, 3.05) is 6.61 Å². The number of para-hydroxylation sites is 1. The second-order valence-corrected chi connectivity index (χ2v) is 7.07. The van der Waals surface area contributed by atoms with Crippen molar-refractivity contribution < 1.29 is 23.4 Å². The highest BCUT2D eigenvalue weighted by atomic mass is 19.3. The molecule has 0 aliphatic heterocycles. The lowest BCUT2D eigenvalue weighted by molar-refractivity contribution is -0.137. The predicted molar refractivity (Wildman–Crippen MR) is 102 cm³/mol. The third-order valence-electron chi connectivity index (χ3n) is 4.85. The van der Waals surface area contributed by atoms with Crippen molar-refractivity contribution in [1.29, 1.82) is 0 Å². The summed E-state index contributed by atoms with van der Waals surface area (Å²) >= 11 is 0. The van der Waals surface area contributed by atoms with E-state index in [0.29, 0.717) is 18.1 Å². The number of benzene rings is 1. The fraction of sp³-hybridized carbons (Fsp3) is 0.500. The van der Waals surface area contributed by atoms with E-state index < -0.39 is 18.5 Å². The Labute approximate surface area is 159 Å². The summed E-state index contributed by atoms with van der Waals surface area (Å²) in [6.07, 6.45) is 12.2. The molecule has 5 heteroatoms. The number of carboxylic acids is 1. The van der Waals surface area contributed by atoms with E-state index in [1.165, 1.54) is 0 Å². The van der Waals surface area contributed by atoms with Gasteiger partial charge in [0.15, 0.2) is 6.61 Å². The van der Waals surface area contributed by atoms with Gasteiger partial charge in [0.1, 0.15) is 5.75 Å². The predicted octanol–water partition coefficient (Wildman–Crippen LogP) is 5.87. The van der Waals surface area contributed by atoms with E-state index in [9.17, 15) is 13.6 Å². The van der Waals surface area contributed by atoms with Crippen molar-refractivity contribution in [3.63, 3.8) is 0 Å². The van der Waals surface area contributed by atoms with Gasteiger partial charge in [0.2, 0.25) is 0 Å². The first-order valence-electron chi connectivity index (χ1n) is 9.58. The van der Waals surface area contributed by atoms with E-state index in [2.05, 4.69) is 6.08 Å². The largest absolute Gasteiger partial charge is 0.487 e. The third-order valence-corrected chi connectivity index (χ3v) is 4.85. The van der Waals surface area contributed by atoms with Crippen LogP contribution >= 0.6 is 0 Å². The fourth-order valence-electron chi connectivity index (χ4n) is 3.38. The molecule has 0 aromatic heterocycles. The Balaban J connectivity index is 1.76. The lowest BCUT2D eigenvalue weighted by Crippen LogP contribution is -2.23. The van der Waals surface area contributed by atoms with Gasteiger partial charge in [-0.2, -0.15) is 8.78 Å². The van der Waals surface area contributed by atoms with Gasteiger partial charge in [-0.05, 0) is 62.1 Å². The molecule has 0 amide bonds. The zero-order valence-electron chi connectivity index (χ0n) is 15.5. The quantitative estimate of drug-likeness (QED) is 0.387. The molecule has 2 atom stereocenters. The second-order valence-electron chi connectivity index (χ2n) is 7.07. The lowest BCUT2D eigenvalue weighted by atomic mass is 9.92. The van der Waals surface area contributed by atoms with Gasteiger partial charge in [-0.1, -0.05) is 42.8 Å². The maximum atomic E-state index is 14.1. The van der Waals surface area contributed by atoms with Crippen LogP contribution in [-0.2, 0) is 4.79 Å². The molecule has 27 heavy (non-hydrogen) atoms. The molecule has 3 nitrogen and oxygen atoms in total. The van der Waals surface area contributed by atoms with Gasteiger partial charge >= 0.3 is 5.97 Å². The van der Waals surface area contributed by atoms with Crippen molar-refractivity contribution in [2.45, 2.75) is 50.9 Å². The number of halogens is 2. The standard InChI is InChI=1S/C22H28F2O3/c23-22(24,17-27-20-12-5-3-6-13-20)16-15-19-11-8-10-18(19)9-4-1-2-7-14-21(25)26/h1,3-6,12-13,15-16,18-19H,2,7-11,14,17H2,(H,25,26)/b4-1-,16-15+/t18-,19+/m0/s1. The van der Waals surface area contributed by atoms with E-state index in [-0.39, 0.29) is 12.3 Å². The highest BCUT2D eigenvalue weighted by Crippen LogP contribution is 2.36. The summed E-state index contributed by atoms with van der Waals surface area (Å²) in [7, 11) is 0. The number of ether oxygens (including phenoxy) is 1. The van der Waals surface area contributed by atoms with Gasteiger partial charge in [0.25, 0.3) is 5.92 Å². The first kappa shape index (κ1) is 21.1. The minimum Gasteiger partial charge on any atom is -0.487 e. The molecular weight excluding hydrogens is 350 g/mol. The third kappa shape index (κ3) is 8.37. The van der Waals surface area contributed by atoms with Crippen LogP contribution in [-0.4, -0.2) is 23.6 Å². The average molecular weight is 378 g/mol. The zero-order valence-corrected chi connectivity index (χ0v) is 15.5. The van der Waals surface area contributed by atoms with Gasteiger partial charge in [-0.25, -0.2) is 0 Å². The molecular formula is C22H28F2O3. The average Bonchev–Trinajstić information content (AvgIpc) is 3.09. The summed E-state index contributed by atoms with van der Waals surface area (Å²) in [6, 6.07) is 8.64. The van der Waals surface area contributed by atoms with E-state index >= 15 is 0 Å². The maximum absolute atomic E-state index is 14.1. The molecule has 0 radical (unpaired) electrons. The van der Waals surface area contributed by atoms with Crippen LogP contribution in [0.1, 0.15) is 44.9 Å². The summed E-state index contributed by atoms with van der Waals surface area (Å²) in [5, 5.41) is 8.60. The first-order chi connectivity index (χ1) is 13.0. The summed E-state index contributed by atoms with van der Waals surface area (Å²) in [5.41, 5.74) is 0. The number of aliphatic carboxylic acids is 1. The molecule has 0 bridgehead atoms. The SMILES string of the molecule is O=C(O)CCC/C=C\C[C@H]1CCC[C@@H]1/C=C/C(F)(F)COc1ccccc1. The molecule has 1 saturated carbocycles. The number of carbonyl (C=O) groups is 1. The maximum Gasteiger partial charge on any atom is 0.303 e. The highest BCUT2D eigenvalue weighted by Gasteiger charge is 2.29. The van der Waals surface area contributed by atoms with Crippen LogP contribution in [0.5, 0.6) is 5.75 Å². The zero-order chi connectivity index (χ0) is 19.5. The smallest absolute Gasteiger partial charge is 0.303 e. The van der Waals surface area contributed by atoms with Crippen molar-refractivity contribution in [3.8, 4) is 5.75 Å². The van der Waals surface area contributed by atoms with Gasteiger partial charge in [0.05, 0.1) is 0 Å². The molecule has 1 N–H and O–H groups in total. The molecule has 1 aliphatic rings. The summed E-state index contributed by atoms with van der Waals surface area (Å²) in [5.74, 6) is -2.78. The molecule has 1 aromatic carbocycles. The van der Waals surface area contributed by atoms with Gasteiger partial charge in [0, 0.05) is 6.42 Å². The Hall–Kier alpha value is -2.17. The molecule has 0 saturated heterocycles. The van der Waals surface area contributed by atoms with Crippen LogP contribution < -0.4 is 4.74 Å². The van der Waals surface area contributed by atoms with Crippen molar-refractivity contribution in [3.05, 3.63) is 54.6 Å². The van der Waals surface area contributed by atoms with Crippen LogP contribution in [0.2, 0.25) is 0 Å². The van der Waals surface area contributed by atoms with Crippen molar-refractivity contribution >= 4 is 5.97 Å². The second kappa shape index (κ2) is 10.9. The number of hydrogen-bond acceptors (Lipinski definition) is 2. The van der Waals surface area contributed by atoms with E-state index in [1.54, 1.807) is 30.3 Å². The molecule has 148 valence electrons. The number of rotatable bonds is 11. The number of alkyl halides is 2. The molecule has 1 fully saturated rings. The van der Waals surface area contributed by atoms with Gasteiger partial charge < -0.3 is 9.84 Å². The molecule has 0 heterocycles. The lowest BCUT2D eigenvalue weighted by Gasteiger charge is -2.17. The highest BCUT2D eigenvalue weighted by molar-refractivity contribution is 5.66. The first-order valence-corrected chi connectivity index (χ1v) is 9.58. The van der Waals surface area contributed by atoms with Crippen LogP contribution in [0.4, 0.5) is 8.78 Å². The van der Waals surface area contributed by atoms with Crippen molar-refractivity contribution in [1.82, 2.24) is 0 Å². The van der Waals surface area contributed by atoms with E-state index in [0.717, 1.165) is 38.2 Å². The topological polar surface area (TPSA) is 46.5 Å². The summed E-state index contributed by atoms with van der Waals surface area (Å²) < 4.78 is 33.3. The van der Waals surface area contributed by atoms with E-state index in [1.807, 2.05) is 12.1 Å². The molecule has 1 aromatic rings. The number of unbranched alkanes of at least 4 members (excludes halogenated alkanes) is 1. The van der Waals surface area contributed by atoms with Gasteiger partial charge in [-0.15, -0.1) is 0 Å².